The summed E-state index contributed by atoms with van der Waals surface area (Å²) in [6.07, 6.45) is -0.835. The Kier molecular flexibility index (Phi) is 8.69. The van der Waals surface area contributed by atoms with Crippen LogP contribution in [0.25, 0.3) is 22.3 Å². The molecule has 1 N–H and O–H groups in total. The second-order valence-corrected chi connectivity index (χ2v) is 11.2. The first-order chi connectivity index (χ1) is 22.3. The van der Waals surface area contributed by atoms with E-state index >= 15 is 0 Å². The third-order valence-corrected chi connectivity index (χ3v) is 7.93. The maximum atomic E-state index is 13.8. The summed E-state index contributed by atoms with van der Waals surface area (Å²) < 4.78 is 23.2. The van der Waals surface area contributed by atoms with Gasteiger partial charge in [0.05, 0.1) is 0 Å². The molecule has 234 valence electrons. The lowest BCUT2D eigenvalue weighted by Gasteiger charge is -2.30. The van der Waals surface area contributed by atoms with Crippen molar-refractivity contribution in [2.75, 3.05) is 13.5 Å². The quantitative estimate of drug-likeness (QED) is 0.179. The summed E-state index contributed by atoms with van der Waals surface area (Å²) >= 11 is 0. The number of esters is 1. The van der Waals surface area contributed by atoms with Gasteiger partial charge in [0.15, 0.2) is 6.73 Å². The number of ether oxygens (including phenoxy) is 4. The number of nitrogens with one attached hydrogen (secondary N) is 1. The Morgan fingerprint density at radius 1 is 0.804 bits per heavy atom. The van der Waals surface area contributed by atoms with E-state index in [4.69, 9.17) is 18.9 Å². The number of alkyl carbamates (subject to hydrolysis) is 1. The van der Waals surface area contributed by atoms with Gasteiger partial charge in [0.1, 0.15) is 23.6 Å². The zero-order valence-corrected chi connectivity index (χ0v) is 25.2. The molecule has 0 saturated carbocycles. The molecule has 10 nitrogen and oxygen atoms in total. The molecule has 3 aliphatic rings. The molecule has 3 heterocycles. The topological polar surface area (TPSA) is 120 Å². The van der Waals surface area contributed by atoms with Gasteiger partial charge >= 0.3 is 12.1 Å². The first-order valence-corrected chi connectivity index (χ1v) is 14.9. The first kappa shape index (κ1) is 30.4. The van der Waals surface area contributed by atoms with Gasteiger partial charge in [-0.3, -0.25) is 9.59 Å². The lowest BCUT2D eigenvalue weighted by Crippen LogP contribution is -2.55. The highest BCUT2D eigenvalue weighted by atomic mass is 16.7. The Bertz CT molecular complexity index is 1750. The highest BCUT2D eigenvalue weighted by molar-refractivity contribution is 6.02. The molecule has 0 radical (unpaired) electrons. The van der Waals surface area contributed by atoms with Crippen molar-refractivity contribution in [2.24, 2.45) is 0 Å². The molecular weight excluding hydrogens is 588 g/mol. The zero-order valence-electron chi connectivity index (χ0n) is 25.2. The van der Waals surface area contributed by atoms with Crippen LogP contribution >= 0.6 is 0 Å². The minimum atomic E-state index is -1.71. The van der Waals surface area contributed by atoms with Gasteiger partial charge in [0, 0.05) is 36.0 Å². The fraction of sp³-hybridized carbons (Fsp3) is 0.222. The number of likely N-dealkylation sites (tertiary alicyclic amines) is 1. The third-order valence-electron chi connectivity index (χ3n) is 7.93. The van der Waals surface area contributed by atoms with Crippen LogP contribution in [0.4, 0.5) is 4.79 Å². The average Bonchev–Trinajstić information content (AvgIpc) is 3.21. The fourth-order valence-electron chi connectivity index (χ4n) is 5.61. The molecule has 0 unspecified atom stereocenters. The molecule has 1 saturated heterocycles. The molecule has 0 aromatic heterocycles. The molecule has 4 aromatic rings. The SMILES string of the molecule is C[C@@](Cc1cc2c(-c3ccccc3)c(-c3ccccc3)c1OCO2)(NC(=O)OCc1ccccc1)C(=O)OCN1C(=O)CCC1=O. The van der Waals surface area contributed by atoms with Gasteiger partial charge in [-0.25, -0.2) is 14.5 Å². The Morgan fingerprint density at radius 2 is 1.39 bits per heavy atom. The number of nitrogens with zero attached hydrogens (tertiary/aromatic N) is 1. The van der Waals surface area contributed by atoms with Gasteiger partial charge < -0.3 is 24.3 Å². The molecule has 0 aliphatic carbocycles. The van der Waals surface area contributed by atoms with Crippen LogP contribution in [-0.2, 0) is 36.9 Å². The van der Waals surface area contributed by atoms with E-state index in [2.05, 4.69) is 5.32 Å². The average molecular weight is 621 g/mol. The van der Waals surface area contributed by atoms with Crippen LogP contribution in [0.15, 0.2) is 97.1 Å². The van der Waals surface area contributed by atoms with Gasteiger partial charge in [-0.05, 0) is 29.7 Å². The molecule has 46 heavy (non-hydrogen) atoms. The van der Waals surface area contributed by atoms with E-state index in [9.17, 15) is 19.2 Å². The van der Waals surface area contributed by atoms with Gasteiger partial charge in [-0.1, -0.05) is 91.0 Å². The van der Waals surface area contributed by atoms with Crippen LogP contribution in [0, 0.1) is 0 Å². The van der Waals surface area contributed by atoms with Gasteiger partial charge in [0.2, 0.25) is 18.6 Å². The molecule has 1 fully saturated rings. The van der Waals surface area contributed by atoms with Crippen LogP contribution < -0.4 is 14.8 Å². The molecule has 3 amide bonds. The van der Waals surface area contributed by atoms with Crippen LogP contribution in [-0.4, -0.2) is 47.8 Å². The first-order valence-electron chi connectivity index (χ1n) is 14.9. The number of imide groups is 1. The summed E-state index contributed by atoms with van der Waals surface area (Å²) in [5.74, 6) is -0.700. The van der Waals surface area contributed by atoms with Crippen molar-refractivity contribution < 1.29 is 38.1 Å². The maximum absolute atomic E-state index is 13.8. The van der Waals surface area contributed by atoms with Crippen LogP contribution in [0.5, 0.6) is 11.5 Å². The minimum absolute atomic E-state index is 0.0230. The molecule has 2 bridgehead atoms. The number of hydrogen-bond donors (Lipinski definition) is 1. The van der Waals surface area contributed by atoms with E-state index in [0.717, 1.165) is 32.7 Å². The largest absolute Gasteiger partial charge is 0.457 e. The van der Waals surface area contributed by atoms with Crippen molar-refractivity contribution in [2.45, 2.75) is 38.3 Å². The van der Waals surface area contributed by atoms with Gasteiger partial charge in [0.25, 0.3) is 0 Å². The van der Waals surface area contributed by atoms with E-state index in [1.54, 1.807) is 6.07 Å². The third kappa shape index (κ3) is 6.41. The van der Waals surface area contributed by atoms with Crippen molar-refractivity contribution in [3.63, 3.8) is 0 Å². The summed E-state index contributed by atoms with van der Waals surface area (Å²) in [4.78, 5) is 52.2. The summed E-state index contributed by atoms with van der Waals surface area (Å²) in [6, 6.07) is 30.4. The predicted octanol–water partition coefficient (Wildman–Crippen LogP) is 5.63. The standard InChI is InChI=1S/C36H32N2O8/c1-36(34(41)44-22-38-29(39)17-18-30(38)40,37-35(42)43-21-24-11-5-2-6-12-24)20-27-19-28-31(25-13-7-3-8-14-25)32(33(27)46-23-45-28)26-15-9-4-10-16-26/h2-16,19H,17-18,20-23H2,1H3,(H,37,42)/t36-/m0/s1. The van der Waals surface area contributed by atoms with Crippen molar-refractivity contribution in [3.8, 4) is 33.8 Å². The van der Waals surface area contributed by atoms with E-state index < -0.39 is 36.1 Å². The second kappa shape index (κ2) is 13.2. The van der Waals surface area contributed by atoms with E-state index in [-0.39, 0.29) is 32.7 Å². The zero-order chi connectivity index (χ0) is 32.1. The highest BCUT2D eigenvalue weighted by Crippen LogP contribution is 2.49. The number of hydrogen-bond acceptors (Lipinski definition) is 8. The van der Waals surface area contributed by atoms with E-state index in [0.29, 0.717) is 17.1 Å². The lowest BCUT2D eigenvalue weighted by atomic mass is 9.86. The normalized spacial score (nSPS) is 14.9. The smallest absolute Gasteiger partial charge is 0.408 e. The summed E-state index contributed by atoms with van der Waals surface area (Å²) in [5, 5.41) is 2.69. The van der Waals surface area contributed by atoms with Crippen LogP contribution in [0.2, 0.25) is 0 Å². The Hall–Kier alpha value is -5.64. The number of carbonyl (C=O) groups is 4. The fourth-order valence-corrected chi connectivity index (χ4v) is 5.61. The van der Waals surface area contributed by atoms with Crippen molar-refractivity contribution >= 4 is 23.9 Å². The number of amides is 3. The van der Waals surface area contributed by atoms with Crippen molar-refractivity contribution in [1.82, 2.24) is 10.2 Å². The van der Waals surface area contributed by atoms with Crippen LogP contribution in [0.1, 0.15) is 30.9 Å². The molecule has 0 spiro atoms. The Balaban J connectivity index is 1.36. The predicted molar refractivity (Wildman–Crippen MR) is 167 cm³/mol. The summed E-state index contributed by atoms with van der Waals surface area (Å²) in [5.41, 5.74) is 3.01. The van der Waals surface area contributed by atoms with Crippen molar-refractivity contribution in [1.29, 1.82) is 0 Å². The Labute approximate surface area is 265 Å². The maximum Gasteiger partial charge on any atom is 0.408 e. The minimum Gasteiger partial charge on any atom is -0.457 e. The highest BCUT2D eigenvalue weighted by Gasteiger charge is 2.41. The van der Waals surface area contributed by atoms with E-state index in [1.165, 1.54) is 6.92 Å². The summed E-state index contributed by atoms with van der Waals surface area (Å²) in [6.45, 7) is 0.851. The van der Waals surface area contributed by atoms with Gasteiger partial charge in [-0.15, -0.1) is 0 Å². The number of rotatable bonds is 10. The summed E-state index contributed by atoms with van der Waals surface area (Å²) in [7, 11) is 0. The van der Waals surface area contributed by atoms with E-state index in [1.807, 2.05) is 91.0 Å². The molecule has 1 atom stereocenters. The van der Waals surface area contributed by atoms with Crippen LogP contribution in [0.3, 0.4) is 0 Å². The molecular formula is C36H32N2O8. The second-order valence-electron chi connectivity index (χ2n) is 11.2. The number of fused-ring (bicyclic) bond motifs is 4. The number of carbonyl (C=O) groups excluding carboxylic acids is 4. The Morgan fingerprint density at radius 3 is 2.02 bits per heavy atom. The lowest BCUT2D eigenvalue weighted by molar-refractivity contribution is -0.160. The molecule has 7 rings (SSSR count). The van der Waals surface area contributed by atoms with Crippen molar-refractivity contribution in [3.05, 3.63) is 108 Å². The molecule has 3 aliphatic heterocycles. The number of benzene rings is 4. The molecule has 4 aromatic carbocycles. The monoisotopic (exact) mass is 620 g/mol. The van der Waals surface area contributed by atoms with Gasteiger partial charge in [-0.2, -0.15) is 0 Å². The molecule has 10 heteroatoms.